The summed E-state index contributed by atoms with van der Waals surface area (Å²) >= 11 is 0. The number of amides is 3. The average Bonchev–Trinajstić information content (AvgIpc) is 2.88. The summed E-state index contributed by atoms with van der Waals surface area (Å²) in [6, 6.07) is 3.88. The van der Waals surface area contributed by atoms with Gasteiger partial charge < -0.3 is 15.5 Å². The molecule has 22 heavy (non-hydrogen) atoms. The molecule has 2 saturated heterocycles. The lowest BCUT2D eigenvalue weighted by Gasteiger charge is -2.34. The van der Waals surface area contributed by atoms with E-state index in [-0.39, 0.29) is 18.5 Å². The summed E-state index contributed by atoms with van der Waals surface area (Å²) in [4.78, 5) is 26.4. The quantitative estimate of drug-likeness (QED) is 0.719. The topological polar surface area (TPSA) is 90.5 Å². The van der Waals surface area contributed by atoms with Gasteiger partial charge in [0, 0.05) is 38.4 Å². The number of hydrogen-bond acceptors (Lipinski definition) is 6. The molecule has 8 heteroatoms. The van der Waals surface area contributed by atoms with Crippen LogP contribution >= 0.6 is 0 Å². The number of nitrogens with one attached hydrogen (secondary N) is 2. The van der Waals surface area contributed by atoms with Gasteiger partial charge in [-0.2, -0.15) is 5.10 Å². The molecule has 3 heterocycles. The lowest BCUT2D eigenvalue weighted by atomic mass is 10.1. The van der Waals surface area contributed by atoms with E-state index in [9.17, 15) is 9.59 Å². The van der Waals surface area contributed by atoms with Crippen molar-refractivity contribution >= 4 is 17.8 Å². The SMILES string of the molecule is O=C1CNC(=O)N1CCNC1CCCN(c2cccnn2)C1. The van der Waals surface area contributed by atoms with Crippen molar-refractivity contribution in [3.8, 4) is 0 Å². The van der Waals surface area contributed by atoms with E-state index >= 15 is 0 Å². The van der Waals surface area contributed by atoms with Crippen molar-refractivity contribution in [3.05, 3.63) is 18.3 Å². The number of hydrogen-bond donors (Lipinski definition) is 2. The standard InChI is InChI=1S/C14H20N6O2/c21-13-9-16-14(22)20(13)8-6-15-11-3-2-7-19(10-11)12-4-1-5-17-18-12/h1,4-5,11,15H,2-3,6-10H2,(H,16,22). The molecular formula is C14H20N6O2. The van der Waals surface area contributed by atoms with Gasteiger partial charge in [-0.05, 0) is 25.0 Å². The van der Waals surface area contributed by atoms with Crippen molar-refractivity contribution in [2.24, 2.45) is 0 Å². The largest absolute Gasteiger partial charge is 0.354 e. The van der Waals surface area contributed by atoms with Gasteiger partial charge >= 0.3 is 6.03 Å². The van der Waals surface area contributed by atoms with Crippen LogP contribution in [0.5, 0.6) is 0 Å². The Morgan fingerprint density at radius 3 is 3.05 bits per heavy atom. The zero-order valence-electron chi connectivity index (χ0n) is 12.4. The van der Waals surface area contributed by atoms with Gasteiger partial charge in [-0.15, -0.1) is 5.10 Å². The number of imide groups is 1. The summed E-state index contributed by atoms with van der Waals surface area (Å²) < 4.78 is 0. The summed E-state index contributed by atoms with van der Waals surface area (Å²) in [5, 5.41) is 14.0. The van der Waals surface area contributed by atoms with Crippen LogP contribution in [0.1, 0.15) is 12.8 Å². The van der Waals surface area contributed by atoms with Gasteiger partial charge in [-0.1, -0.05) is 0 Å². The predicted octanol–water partition coefficient (Wildman–Crippen LogP) is -0.413. The smallest absolute Gasteiger partial charge is 0.324 e. The Balaban J connectivity index is 1.47. The minimum atomic E-state index is -0.295. The summed E-state index contributed by atoms with van der Waals surface area (Å²) in [5.74, 6) is 0.736. The van der Waals surface area contributed by atoms with E-state index in [1.165, 1.54) is 4.90 Å². The molecule has 2 fully saturated rings. The molecule has 0 aromatic carbocycles. The Hall–Kier alpha value is -2.22. The molecule has 3 amide bonds. The van der Waals surface area contributed by atoms with Crippen molar-refractivity contribution in [1.29, 1.82) is 0 Å². The highest BCUT2D eigenvalue weighted by Gasteiger charge is 2.28. The van der Waals surface area contributed by atoms with Crippen molar-refractivity contribution in [1.82, 2.24) is 25.7 Å². The molecule has 1 atom stereocenters. The molecule has 1 unspecified atom stereocenters. The van der Waals surface area contributed by atoms with E-state index in [0.29, 0.717) is 19.1 Å². The second-order valence-electron chi connectivity index (χ2n) is 5.53. The third-order valence-electron chi connectivity index (χ3n) is 4.01. The Bertz CT molecular complexity index is 521. The van der Waals surface area contributed by atoms with Crippen LogP contribution in [0.4, 0.5) is 10.6 Å². The van der Waals surface area contributed by atoms with Gasteiger partial charge in [0.15, 0.2) is 5.82 Å². The molecule has 0 bridgehead atoms. The first-order chi connectivity index (χ1) is 10.7. The van der Waals surface area contributed by atoms with Crippen LogP contribution in [-0.2, 0) is 4.79 Å². The molecule has 0 spiro atoms. The maximum atomic E-state index is 11.5. The van der Waals surface area contributed by atoms with Gasteiger partial charge in [-0.3, -0.25) is 9.69 Å². The van der Waals surface area contributed by atoms with E-state index in [2.05, 4.69) is 25.7 Å². The van der Waals surface area contributed by atoms with Crippen LogP contribution in [0.3, 0.4) is 0 Å². The number of piperidine rings is 1. The van der Waals surface area contributed by atoms with Crippen molar-refractivity contribution in [2.45, 2.75) is 18.9 Å². The van der Waals surface area contributed by atoms with E-state index in [0.717, 1.165) is 31.7 Å². The first-order valence-corrected chi connectivity index (χ1v) is 7.58. The van der Waals surface area contributed by atoms with Crippen molar-refractivity contribution < 1.29 is 9.59 Å². The maximum Gasteiger partial charge on any atom is 0.324 e. The Morgan fingerprint density at radius 1 is 1.41 bits per heavy atom. The highest BCUT2D eigenvalue weighted by molar-refractivity contribution is 6.01. The maximum absolute atomic E-state index is 11.5. The van der Waals surface area contributed by atoms with E-state index in [1.807, 2.05) is 12.1 Å². The molecule has 0 aliphatic carbocycles. The molecule has 1 aromatic heterocycles. The summed E-state index contributed by atoms with van der Waals surface area (Å²) in [5.41, 5.74) is 0. The fraction of sp³-hybridized carbons (Fsp3) is 0.571. The van der Waals surface area contributed by atoms with Gasteiger partial charge in [-0.25, -0.2) is 4.79 Å². The molecule has 1 aromatic rings. The lowest BCUT2D eigenvalue weighted by molar-refractivity contribution is -0.124. The number of aromatic nitrogens is 2. The zero-order valence-corrected chi connectivity index (χ0v) is 12.4. The summed E-state index contributed by atoms with van der Waals surface area (Å²) in [7, 11) is 0. The fourth-order valence-electron chi connectivity index (χ4n) is 2.88. The lowest BCUT2D eigenvalue weighted by Crippen LogP contribution is -2.48. The van der Waals surface area contributed by atoms with Crippen LogP contribution in [0, 0.1) is 0 Å². The molecule has 0 saturated carbocycles. The van der Waals surface area contributed by atoms with Crippen molar-refractivity contribution in [3.63, 3.8) is 0 Å². The molecule has 2 N–H and O–H groups in total. The first-order valence-electron chi connectivity index (χ1n) is 7.58. The molecule has 3 rings (SSSR count). The first kappa shape index (κ1) is 14.7. The molecule has 8 nitrogen and oxygen atoms in total. The summed E-state index contributed by atoms with van der Waals surface area (Å²) in [6.45, 7) is 2.97. The van der Waals surface area contributed by atoms with Crippen LogP contribution in [0.15, 0.2) is 18.3 Å². The molecule has 2 aliphatic heterocycles. The van der Waals surface area contributed by atoms with E-state index in [1.54, 1.807) is 6.20 Å². The minimum Gasteiger partial charge on any atom is -0.354 e. The zero-order chi connectivity index (χ0) is 15.4. The fourth-order valence-corrected chi connectivity index (χ4v) is 2.88. The minimum absolute atomic E-state index is 0.114. The van der Waals surface area contributed by atoms with Crippen LogP contribution in [0.25, 0.3) is 0 Å². The number of carbonyl (C=O) groups excluding carboxylic acids is 2. The number of carbonyl (C=O) groups is 2. The number of nitrogens with zero attached hydrogens (tertiary/aromatic N) is 4. The average molecular weight is 304 g/mol. The van der Waals surface area contributed by atoms with Crippen LogP contribution < -0.4 is 15.5 Å². The number of rotatable bonds is 5. The molecular weight excluding hydrogens is 284 g/mol. The third kappa shape index (κ3) is 3.33. The summed E-state index contributed by atoms with van der Waals surface area (Å²) in [6.07, 6.45) is 3.83. The van der Waals surface area contributed by atoms with E-state index in [4.69, 9.17) is 0 Å². The van der Waals surface area contributed by atoms with Crippen LogP contribution in [0.2, 0.25) is 0 Å². The third-order valence-corrected chi connectivity index (χ3v) is 4.01. The van der Waals surface area contributed by atoms with Gasteiger partial charge in [0.25, 0.3) is 0 Å². The normalized spacial score (nSPS) is 22.1. The molecule has 118 valence electrons. The Kier molecular flexibility index (Phi) is 4.47. The Labute approximate surface area is 128 Å². The van der Waals surface area contributed by atoms with Gasteiger partial charge in [0.05, 0.1) is 6.54 Å². The molecule has 0 radical (unpaired) electrons. The predicted molar refractivity (Wildman–Crippen MR) is 80.4 cm³/mol. The second-order valence-corrected chi connectivity index (χ2v) is 5.53. The van der Waals surface area contributed by atoms with Gasteiger partial charge in [0.2, 0.25) is 5.91 Å². The number of urea groups is 1. The van der Waals surface area contributed by atoms with Crippen molar-refractivity contribution in [2.75, 3.05) is 37.6 Å². The van der Waals surface area contributed by atoms with E-state index < -0.39 is 0 Å². The van der Waals surface area contributed by atoms with Crippen LogP contribution in [-0.4, -0.2) is 65.8 Å². The Morgan fingerprint density at radius 2 is 2.32 bits per heavy atom. The number of anilines is 1. The monoisotopic (exact) mass is 304 g/mol. The molecule has 2 aliphatic rings. The second kappa shape index (κ2) is 6.69. The highest BCUT2D eigenvalue weighted by Crippen LogP contribution is 2.16. The van der Waals surface area contributed by atoms with Gasteiger partial charge in [0.1, 0.15) is 0 Å². The highest BCUT2D eigenvalue weighted by atomic mass is 16.2.